The molecule has 6 rings (SSSR count). The largest absolute Gasteiger partial charge is 0.506 e. The van der Waals surface area contributed by atoms with Gasteiger partial charge in [-0.2, -0.15) is 0 Å². The van der Waals surface area contributed by atoms with Gasteiger partial charge in [-0.1, -0.05) is 38.1 Å². The van der Waals surface area contributed by atoms with Crippen LogP contribution in [0.15, 0.2) is 79.0 Å². The Kier molecular flexibility index (Phi) is 5.15. The van der Waals surface area contributed by atoms with E-state index in [0.717, 1.165) is 38.8 Å². The number of hydrogen-bond acceptors (Lipinski definition) is 4. The molecule has 0 saturated heterocycles. The van der Waals surface area contributed by atoms with Gasteiger partial charge in [0.1, 0.15) is 22.8 Å². The molecule has 0 aliphatic heterocycles. The van der Waals surface area contributed by atoms with E-state index in [9.17, 15) is 5.11 Å². The fraction of sp³-hybridized carbons (Fsp3) is 0.161. The number of ether oxygens (including phenoxy) is 1. The van der Waals surface area contributed by atoms with Crippen molar-refractivity contribution >= 4 is 32.7 Å². The molecule has 3 aromatic heterocycles. The summed E-state index contributed by atoms with van der Waals surface area (Å²) in [5.41, 5.74) is 6.06. The number of hydrogen-bond donors (Lipinski definition) is 1. The van der Waals surface area contributed by atoms with Crippen molar-refractivity contribution in [1.29, 1.82) is 0 Å². The number of aromatic nitrogens is 3. The topological polar surface area (TPSA) is 60.2 Å². The lowest BCUT2D eigenvalue weighted by molar-refractivity contribution is 0.460. The zero-order chi connectivity index (χ0) is 25.0. The van der Waals surface area contributed by atoms with Crippen LogP contribution in [-0.4, -0.2) is 19.6 Å². The summed E-state index contributed by atoms with van der Waals surface area (Å²) in [5, 5.41) is 13.6. The molecule has 0 amide bonds. The summed E-state index contributed by atoms with van der Waals surface area (Å²) in [6, 6.07) is 24.2. The number of benzene rings is 3. The van der Waals surface area contributed by atoms with Gasteiger partial charge in [-0.05, 0) is 72.9 Å². The first kappa shape index (κ1) is 22.1. The molecule has 3 aromatic carbocycles. The Balaban J connectivity index is 1.54. The highest BCUT2D eigenvalue weighted by Crippen LogP contribution is 2.37. The molecule has 0 saturated carbocycles. The Labute approximate surface area is 209 Å². The summed E-state index contributed by atoms with van der Waals surface area (Å²) in [6.45, 7) is 8.46. The standard InChI is InChI=1S/C31H27N3O2/c1-18(2)21-9-12-26-25(15-21)24-11-10-22(16-27(24)34(26)29-13-8-19(3)17-32-29)36-30-14-20(4)23-6-5-7-28(35)31(23)33-30/h5-18,35H,1-4H3. The average Bonchev–Trinajstić information content (AvgIpc) is 3.18. The van der Waals surface area contributed by atoms with E-state index in [1.807, 2.05) is 50.4 Å². The third-order valence-corrected chi connectivity index (χ3v) is 6.78. The second-order valence-corrected chi connectivity index (χ2v) is 9.69. The van der Waals surface area contributed by atoms with Crippen molar-refractivity contribution < 1.29 is 9.84 Å². The van der Waals surface area contributed by atoms with Gasteiger partial charge in [-0.15, -0.1) is 0 Å². The van der Waals surface area contributed by atoms with E-state index in [1.165, 1.54) is 10.9 Å². The minimum absolute atomic E-state index is 0.142. The zero-order valence-electron chi connectivity index (χ0n) is 20.8. The minimum atomic E-state index is 0.142. The Morgan fingerprint density at radius 1 is 0.833 bits per heavy atom. The number of aromatic hydroxyl groups is 1. The predicted molar refractivity (Wildman–Crippen MR) is 146 cm³/mol. The smallest absolute Gasteiger partial charge is 0.220 e. The highest BCUT2D eigenvalue weighted by molar-refractivity contribution is 6.09. The second-order valence-electron chi connectivity index (χ2n) is 9.69. The molecule has 6 aromatic rings. The van der Waals surface area contributed by atoms with Gasteiger partial charge in [-0.25, -0.2) is 9.97 Å². The summed E-state index contributed by atoms with van der Waals surface area (Å²) >= 11 is 0. The molecular formula is C31H27N3O2. The van der Waals surface area contributed by atoms with Crippen molar-refractivity contribution in [3.05, 3.63) is 95.7 Å². The lowest BCUT2D eigenvalue weighted by atomic mass is 10.0. The summed E-state index contributed by atoms with van der Waals surface area (Å²) in [7, 11) is 0. The zero-order valence-corrected chi connectivity index (χ0v) is 20.8. The molecule has 3 heterocycles. The highest BCUT2D eigenvalue weighted by Gasteiger charge is 2.16. The number of para-hydroxylation sites is 1. The normalized spacial score (nSPS) is 11.7. The first-order valence-electron chi connectivity index (χ1n) is 12.2. The van der Waals surface area contributed by atoms with Gasteiger partial charge in [0.25, 0.3) is 0 Å². The maximum absolute atomic E-state index is 10.3. The van der Waals surface area contributed by atoms with Crippen LogP contribution >= 0.6 is 0 Å². The van der Waals surface area contributed by atoms with Crippen LogP contribution in [0.2, 0.25) is 0 Å². The van der Waals surface area contributed by atoms with Gasteiger partial charge < -0.3 is 9.84 Å². The molecule has 36 heavy (non-hydrogen) atoms. The number of phenolic OH excluding ortho intramolecular Hbond substituents is 1. The summed E-state index contributed by atoms with van der Waals surface area (Å²) in [5.74, 6) is 2.55. The molecule has 0 atom stereocenters. The van der Waals surface area contributed by atoms with Crippen LogP contribution in [0.4, 0.5) is 0 Å². The van der Waals surface area contributed by atoms with E-state index in [2.05, 4.69) is 59.8 Å². The molecular weight excluding hydrogens is 446 g/mol. The number of pyridine rings is 2. The Morgan fingerprint density at radius 3 is 2.47 bits per heavy atom. The van der Waals surface area contributed by atoms with Crippen LogP contribution < -0.4 is 4.74 Å². The van der Waals surface area contributed by atoms with Crippen molar-refractivity contribution in [3.63, 3.8) is 0 Å². The monoisotopic (exact) mass is 473 g/mol. The second kappa shape index (κ2) is 8.38. The molecule has 5 nitrogen and oxygen atoms in total. The molecule has 1 N–H and O–H groups in total. The van der Waals surface area contributed by atoms with Crippen LogP contribution in [0, 0.1) is 13.8 Å². The number of nitrogens with zero attached hydrogens (tertiary/aromatic N) is 3. The van der Waals surface area contributed by atoms with E-state index >= 15 is 0 Å². The molecule has 0 unspecified atom stereocenters. The van der Waals surface area contributed by atoms with Crippen molar-refractivity contribution in [2.24, 2.45) is 0 Å². The Bertz CT molecular complexity index is 1770. The third-order valence-electron chi connectivity index (χ3n) is 6.78. The Hall–Kier alpha value is -4.38. The third kappa shape index (κ3) is 3.64. The first-order chi connectivity index (χ1) is 17.4. The lowest BCUT2D eigenvalue weighted by Gasteiger charge is -2.11. The fourth-order valence-corrected chi connectivity index (χ4v) is 4.83. The number of aryl methyl sites for hydroxylation is 2. The molecule has 0 radical (unpaired) electrons. The Morgan fingerprint density at radius 2 is 1.69 bits per heavy atom. The van der Waals surface area contributed by atoms with E-state index in [4.69, 9.17) is 9.72 Å². The molecule has 0 fully saturated rings. The molecule has 0 bridgehead atoms. The van der Waals surface area contributed by atoms with Crippen LogP contribution in [0.1, 0.15) is 36.5 Å². The maximum atomic E-state index is 10.3. The van der Waals surface area contributed by atoms with Gasteiger partial charge in [0.15, 0.2) is 0 Å². The highest BCUT2D eigenvalue weighted by atomic mass is 16.5. The van der Waals surface area contributed by atoms with Gasteiger partial charge in [-0.3, -0.25) is 4.57 Å². The van der Waals surface area contributed by atoms with E-state index < -0.39 is 0 Å². The van der Waals surface area contributed by atoms with E-state index in [-0.39, 0.29) is 5.75 Å². The van der Waals surface area contributed by atoms with Crippen molar-refractivity contribution in [3.8, 4) is 23.2 Å². The van der Waals surface area contributed by atoms with Gasteiger partial charge in [0, 0.05) is 34.5 Å². The molecule has 0 spiro atoms. The van der Waals surface area contributed by atoms with E-state index in [0.29, 0.717) is 23.1 Å². The van der Waals surface area contributed by atoms with Crippen LogP contribution in [0.3, 0.4) is 0 Å². The number of rotatable bonds is 4. The molecule has 0 aliphatic rings. The van der Waals surface area contributed by atoms with Gasteiger partial charge in [0.2, 0.25) is 5.88 Å². The van der Waals surface area contributed by atoms with E-state index in [1.54, 1.807) is 6.07 Å². The lowest BCUT2D eigenvalue weighted by Crippen LogP contribution is -1.98. The quantitative estimate of drug-likeness (QED) is 0.282. The van der Waals surface area contributed by atoms with Gasteiger partial charge in [0.05, 0.1) is 11.0 Å². The molecule has 5 heteroatoms. The summed E-state index contributed by atoms with van der Waals surface area (Å²) < 4.78 is 8.43. The van der Waals surface area contributed by atoms with Crippen molar-refractivity contribution in [2.75, 3.05) is 0 Å². The average molecular weight is 474 g/mol. The fourth-order valence-electron chi connectivity index (χ4n) is 4.83. The van der Waals surface area contributed by atoms with Gasteiger partial charge >= 0.3 is 0 Å². The molecule has 0 aliphatic carbocycles. The van der Waals surface area contributed by atoms with Crippen LogP contribution in [-0.2, 0) is 0 Å². The predicted octanol–water partition coefficient (Wildman–Crippen LogP) is 7.97. The molecule has 178 valence electrons. The first-order valence-corrected chi connectivity index (χ1v) is 12.2. The SMILES string of the molecule is Cc1ccc(-n2c3ccc(C(C)C)cc3c3ccc(Oc4cc(C)c5cccc(O)c5n4)cc32)nc1. The van der Waals surface area contributed by atoms with Crippen molar-refractivity contribution in [2.45, 2.75) is 33.6 Å². The summed E-state index contributed by atoms with van der Waals surface area (Å²) in [6.07, 6.45) is 1.89. The van der Waals surface area contributed by atoms with Crippen molar-refractivity contribution in [1.82, 2.24) is 14.5 Å². The maximum Gasteiger partial charge on any atom is 0.220 e. The summed E-state index contributed by atoms with van der Waals surface area (Å²) in [4.78, 5) is 9.31. The van der Waals surface area contributed by atoms with Crippen LogP contribution in [0.5, 0.6) is 17.4 Å². The minimum Gasteiger partial charge on any atom is -0.506 e. The van der Waals surface area contributed by atoms with Crippen LogP contribution in [0.25, 0.3) is 38.5 Å². The number of fused-ring (bicyclic) bond motifs is 4. The number of phenols is 1.